The lowest BCUT2D eigenvalue weighted by Crippen LogP contribution is -2.54. The molecule has 0 aromatic heterocycles. The molecule has 4 amide bonds. The number of anilines is 1. The van der Waals surface area contributed by atoms with Gasteiger partial charge in [-0.3, -0.25) is 19.7 Å². The number of nitrogens with zero attached hydrogens (tertiary/aromatic N) is 1. The van der Waals surface area contributed by atoms with Crippen molar-refractivity contribution in [1.82, 2.24) is 10.2 Å². The minimum absolute atomic E-state index is 0.102. The highest BCUT2D eigenvalue weighted by Gasteiger charge is 2.26. The lowest BCUT2D eigenvalue weighted by Gasteiger charge is -2.25. The zero-order valence-electron chi connectivity index (χ0n) is 11.0. The second-order valence-electron chi connectivity index (χ2n) is 4.53. The third-order valence-electron chi connectivity index (χ3n) is 2.80. The molecule has 0 aliphatic carbocycles. The number of carbonyl (C=O) groups is 4. The van der Waals surface area contributed by atoms with Crippen molar-refractivity contribution in [3.05, 3.63) is 29.8 Å². The van der Waals surface area contributed by atoms with Crippen LogP contribution < -0.4 is 10.6 Å². The molecule has 8 heteroatoms. The summed E-state index contributed by atoms with van der Waals surface area (Å²) in [7, 11) is 0. The Bertz CT molecular complexity index is 580. The van der Waals surface area contributed by atoms with Gasteiger partial charge in [-0.15, -0.1) is 0 Å². The van der Waals surface area contributed by atoms with Gasteiger partial charge >= 0.3 is 12.0 Å². The zero-order chi connectivity index (χ0) is 15.4. The third-order valence-corrected chi connectivity index (χ3v) is 2.80. The number of piperazine rings is 1. The van der Waals surface area contributed by atoms with Gasteiger partial charge in [-0.2, -0.15) is 0 Å². The van der Waals surface area contributed by atoms with E-state index in [9.17, 15) is 19.2 Å². The Morgan fingerprint density at radius 1 is 1.14 bits per heavy atom. The van der Waals surface area contributed by atoms with Crippen molar-refractivity contribution in [2.75, 3.05) is 18.4 Å². The summed E-state index contributed by atoms with van der Waals surface area (Å²) in [5, 5.41) is 13.3. The predicted octanol–water partition coefficient (Wildman–Crippen LogP) is -0.196. The topological polar surface area (TPSA) is 116 Å². The van der Waals surface area contributed by atoms with Crippen LogP contribution in [0.4, 0.5) is 10.5 Å². The van der Waals surface area contributed by atoms with Gasteiger partial charge in [-0.25, -0.2) is 4.79 Å². The Balaban J connectivity index is 1.97. The molecule has 1 heterocycles. The van der Waals surface area contributed by atoms with Crippen LogP contribution in [0.2, 0.25) is 0 Å². The predicted molar refractivity (Wildman–Crippen MR) is 71.5 cm³/mol. The van der Waals surface area contributed by atoms with E-state index in [4.69, 9.17) is 5.11 Å². The van der Waals surface area contributed by atoms with E-state index in [0.717, 1.165) is 4.90 Å². The smallest absolute Gasteiger partial charge is 0.322 e. The maximum Gasteiger partial charge on any atom is 0.322 e. The molecule has 8 nitrogen and oxygen atoms in total. The molecule has 21 heavy (non-hydrogen) atoms. The first kappa shape index (κ1) is 14.5. The second kappa shape index (κ2) is 6.04. The fraction of sp³-hybridized carbons (Fsp3) is 0.231. The standard InChI is InChI=1S/C13H13N3O5/c17-10-6-16(7-11(18)15-10)13(21)14-9-3-1-8(2-4-9)5-12(19)20/h1-4H,5-7H2,(H,14,21)(H,19,20)(H,15,17,18). The number of amides is 4. The fourth-order valence-electron chi connectivity index (χ4n) is 1.86. The number of carboxylic acid groups (broad SMARTS) is 1. The first-order valence-electron chi connectivity index (χ1n) is 6.13. The Kier molecular flexibility index (Phi) is 4.17. The molecule has 0 saturated carbocycles. The van der Waals surface area contributed by atoms with Crippen molar-refractivity contribution in [2.45, 2.75) is 6.42 Å². The van der Waals surface area contributed by atoms with Gasteiger partial charge < -0.3 is 15.3 Å². The van der Waals surface area contributed by atoms with E-state index < -0.39 is 23.8 Å². The number of carboxylic acids is 1. The van der Waals surface area contributed by atoms with E-state index in [1.54, 1.807) is 24.3 Å². The average molecular weight is 291 g/mol. The quantitative estimate of drug-likeness (QED) is 0.667. The molecule has 0 spiro atoms. The van der Waals surface area contributed by atoms with E-state index >= 15 is 0 Å². The van der Waals surface area contributed by atoms with Crippen molar-refractivity contribution in [2.24, 2.45) is 0 Å². The van der Waals surface area contributed by atoms with E-state index in [-0.39, 0.29) is 19.5 Å². The first-order valence-corrected chi connectivity index (χ1v) is 6.13. The molecule has 0 atom stereocenters. The lowest BCUT2D eigenvalue weighted by molar-refractivity contribution is -0.136. The van der Waals surface area contributed by atoms with Crippen molar-refractivity contribution >= 4 is 29.5 Å². The van der Waals surface area contributed by atoms with Gasteiger partial charge in [0.25, 0.3) is 0 Å². The van der Waals surface area contributed by atoms with Crippen LogP contribution in [0.5, 0.6) is 0 Å². The molecule has 1 fully saturated rings. The molecule has 0 radical (unpaired) electrons. The number of benzene rings is 1. The van der Waals surface area contributed by atoms with Gasteiger partial charge in [-0.05, 0) is 17.7 Å². The number of carbonyl (C=O) groups excluding carboxylic acids is 3. The van der Waals surface area contributed by atoms with Gasteiger partial charge in [0.15, 0.2) is 0 Å². The van der Waals surface area contributed by atoms with Crippen molar-refractivity contribution in [3.63, 3.8) is 0 Å². The maximum absolute atomic E-state index is 11.9. The lowest BCUT2D eigenvalue weighted by atomic mass is 10.1. The van der Waals surface area contributed by atoms with Crippen LogP contribution in [0.3, 0.4) is 0 Å². The maximum atomic E-state index is 11.9. The minimum atomic E-state index is -0.940. The highest BCUT2D eigenvalue weighted by Crippen LogP contribution is 2.11. The summed E-state index contributed by atoms with van der Waals surface area (Å²) < 4.78 is 0. The number of aliphatic carboxylic acids is 1. The molecular formula is C13H13N3O5. The largest absolute Gasteiger partial charge is 0.481 e. The molecule has 3 N–H and O–H groups in total. The van der Waals surface area contributed by atoms with E-state index in [1.807, 2.05) is 0 Å². The first-order chi connectivity index (χ1) is 9.94. The summed E-state index contributed by atoms with van der Waals surface area (Å²) in [6.07, 6.45) is -0.102. The summed E-state index contributed by atoms with van der Waals surface area (Å²) >= 11 is 0. The van der Waals surface area contributed by atoms with Crippen LogP contribution >= 0.6 is 0 Å². The SMILES string of the molecule is O=C(O)Cc1ccc(NC(=O)N2CC(=O)NC(=O)C2)cc1. The number of nitrogens with one attached hydrogen (secondary N) is 2. The Hall–Kier alpha value is -2.90. The Morgan fingerprint density at radius 2 is 1.71 bits per heavy atom. The zero-order valence-corrected chi connectivity index (χ0v) is 11.0. The summed E-state index contributed by atoms with van der Waals surface area (Å²) in [5.74, 6) is -2.00. The highest BCUT2D eigenvalue weighted by molar-refractivity contribution is 6.04. The Morgan fingerprint density at radius 3 is 2.24 bits per heavy atom. The van der Waals surface area contributed by atoms with Gasteiger partial charge in [0, 0.05) is 5.69 Å². The summed E-state index contributed by atoms with van der Waals surface area (Å²) in [5.41, 5.74) is 1.06. The highest BCUT2D eigenvalue weighted by atomic mass is 16.4. The van der Waals surface area contributed by atoms with Gasteiger partial charge in [-0.1, -0.05) is 12.1 Å². The number of imide groups is 1. The monoisotopic (exact) mass is 291 g/mol. The van der Waals surface area contributed by atoms with E-state index in [0.29, 0.717) is 11.3 Å². The van der Waals surface area contributed by atoms with Gasteiger partial charge in [0.05, 0.1) is 6.42 Å². The van der Waals surface area contributed by atoms with Crippen LogP contribution in [-0.4, -0.2) is 46.9 Å². The van der Waals surface area contributed by atoms with Crippen LogP contribution in [0.25, 0.3) is 0 Å². The van der Waals surface area contributed by atoms with Crippen LogP contribution in [0, 0.1) is 0 Å². The van der Waals surface area contributed by atoms with Crippen molar-refractivity contribution in [1.29, 1.82) is 0 Å². The molecule has 1 aromatic rings. The molecule has 110 valence electrons. The molecule has 1 aliphatic rings. The molecular weight excluding hydrogens is 278 g/mol. The molecule has 2 rings (SSSR count). The number of hydrogen-bond acceptors (Lipinski definition) is 4. The molecule has 0 bridgehead atoms. The molecule has 1 saturated heterocycles. The summed E-state index contributed by atoms with van der Waals surface area (Å²) in [6, 6.07) is 5.71. The van der Waals surface area contributed by atoms with Crippen LogP contribution in [-0.2, 0) is 20.8 Å². The second-order valence-corrected chi connectivity index (χ2v) is 4.53. The summed E-state index contributed by atoms with van der Waals surface area (Å²) in [6.45, 7) is -0.372. The molecule has 1 aliphatic heterocycles. The third kappa shape index (κ3) is 4.03. The fourth-order valence-corrected chi connectivity index (χ4v) is 1.86. The molecule has 1 aromatic carbocycles. The molecule has 0 unspecified atom stereocenters. The van der Waals surface area contributed by atoms with E-state index in [1.165, 1.54) is 0 Å². The van der Waals surface area contributed by atoms with Crippen molar-refractivity contribution < 1.29 is 24.3 Å². The Labute approximate surface area is 119 Å². The van der Waals surface area contributed by atoms with Gasteiger partial charge in [0.2, 0.25) is 11.8 Å². The summed E-state index contributed by atoms with van der Waals surface area (Å²) in [4.78, 5) is 45.9. The van der Waals surface area contributed by atoms with Crippen molar-refractivity contribution in [3.8, 4) is 0 Å². The van der Waals surface area contributed by atoms with Crippen LogP contribution in [0.15, 0.2) is 24.3 Å². The number of rotatable bonds is 3. The number of hydrogen-bond donors (Lipinski definition) is 3. The van der Waals surface area contributed by atoms with Crippen LogP contribution in [0.1, 0.15) is 5.56 Å². The van der Waals surface area contributed by atoms with E-state index in [2.05, 4.69) is 10.6 Å². The van der Waals surface area contributed by atoms with Gasteiger partial charge in [0.1, 0.15) is 13.1 Å². The minimum Gasteiger partial charge on any atom is -0.481 e. The number of urea groups is 1. The normalized spacial score (nSPS) is 14.6. The average Bonchev–Trinajstić information content (AvgIpc) is 2.39.